The Morgan fingerprint density at radius 3 is 2.41 bits per heavy atom. The van der Waals surface area contributed by atoms with E-state index in [1.165, 1.54) is 17.7 Å². The zero-order chi connectivity index (χ0) is 22.5. The molecular formula is C26H23FN4O. The third-order valence-electron chi connectivity index (χ3n) is 5.26. The molecule has 160 valence electrons. The highest BCUT2D eigenvalue weighted by molar-refractivity contribution is 6.00. The number of rotatable bonds is 7. The molecule has 6 heteroatoms. The monoisotopic (exact) mass is 426 g/mol. The van der Waals surface area contributed by atoms with Gasteiger partial charge in [-0.2, -0.15) is 0 Å². The molecule has 0 fully saturated rings. The molecule has 0 bridgehead atoms. The highest BCUT2D eigenvalue weighted by Crippen LogP contribution is 2.26. The van der Waals surface area contributed by atoms with Crippen LogP contribution >= 0.6 is 0 Å². The summed E-state index contributed by atoms with van der Waals surface area (Å²) >= 11 is 0. The number of Topliss-reactive ketones (excluding diaryl/α,β-unsaturated/α-hetero) is 1. The van der Waals surface area contributed by atoms with Gasteiger partial charge in [-0.05, 0) is 46.9 Å². The van der Waals surface area contributed by atoms with Gasteiger partial charge in [0.2, 0.25) is 0 Å². The fourth-order valence-corrected chi connectivity index (χ4v) is 3.61. The van der Waals surface area contributed by atoms with Crippen LogP contribution in [0.4, 0.5) is 10.2 Å². The number of anilines is 1. The molecule has 0 amide bonds. The molecule has 5 nitrogen and oxygen atoms in total. The van der Waals surface area contributed by atoms with Crippen LogP contribution in [-0.4, -0.2) is 20.7 Å². The fourth-order valence-electron chi connectivity index (χ4n) is 3.61. The molecule has 4 aromatic rings. The number of nitrogens with two attached hydrogens (primary N) is 1. The zero-order valence-electron chi connectivity index (χ0n) is 17.8. The summed E-state index contributed by atoms with van der Waals surface area (Å²) in [4.78, 5) is 26.0. The third-order valence-corrected chi connectivity index (χ3v) is 5.26. The van der Waals surface area contributed by atoms with E-state index in [9.17, 15) is 9.18 Å². The Kier molecular flexibility index (Phi) is 6.31. The molecule has 0 saturated carbocycles. The summed E-state index contributed by atoms with van der Waals surface area (Å²) < 4.78 is 13.3. The number of halogens is 1. The van der Waals surface area contributed by atoms with Crippen molar-refractivity contribution in [2.75, 3.05) is 5.73 Å². The van der Waals surface area contributed by atoms with Crippen LogP contribution in [0, 0.1) is 5.82 Å². The topological polar surface area (TPSA) is 81.8 Å². The number of carbonyl (C=O) groups excluding carboxylic acids is 1. The van der Waals surface area contributed by atoms with Gasteiger partial charge in [-0.3, -0.25) is 9.78 Å². The van der Waals surface area contributed by atoms with Crippen molar-refractivity contribution in [3.8, 4) is 22.4 Å². The van der Waals surface area contributed by atoms with E-state index in [0.717, 1.165) is 29.5 Å². The zero-order valence-corrected chi connectivity index (χ0v) is 17.8. The summed E-state index contributed by atoms with van der Waals surface area (Å²) in [6.07, 6.45) is 7.00. The highest BCUT2D eigenvalue weighted by Gasteiger charge is 2.18. The summed E-state index contributed by atoms with van der Waals surface area (Å²) in [6, 6.07) is 16.0. The van der Waals surface area contributed by atoms with E-state index in [4.69, 9.17) is 5.73 Å². The van der Waals surface area contributed by atoms with Crippen molar-refractivity contribution in [3.05, 3.63) is 95.8 Å². The van der Waals surface area contributed by atoms with Crippen molar-refractivity contribution < 1.29 is 9.18 Å². The van der Waals surface area contributed by atoms with Crippen LogP contribution in [0.1, 0.15) is 35.0 Å². The minimum Gasteiger partial charge on any atom is -0.382 e. The molecule has 4 rings (SSSR count). The van der Waals surface area contributed by atoms with Gasteiger partial charge in [0.15, 0.2) is 11.6 Å². The lowest BCUT2D eigenvalue weighted by molar-refractivity contribution is 0.0989. The van der Waals surface area contributed by atoms with E-state index in [2.05, 4.69) is 34.0 Å². The van der Waals surface area contributed by atoms with E-state index in [0.29, 0.717) is 11.3 Å². The summed E-state index contributed by atoms with van der Waals surface area (Å²) in [5.74, 6) is -0.479. The van der Waals surface area contributed by atoms with Crippen molar-refractivity contribution >= 4 is 11.6 Å². The van der Waals surface area contributed by atoms with Crippen LogP contribution in [0.15, 0.2) is 73.2 Å². The molecule has 0 atom stereocenters. The highest BCUT2D eigenvalue weighted by atomic mass is 19.1. The fraction of sp³-hybridized carbons (Fsp3) is 0.154. The van der Waals surface area contributed by atoms with Crippen LogP contribution in [0.2, 0.25) is 0 Å². The van der Waals surface area contributed by atoms with Gasteiger partial charge in [-0.15, -0.1) is 0 Å². The molecular weight excluding hydrogens is 403 g/mol. The van der Waals surface area contributed by atoms with Crippen molar-refractivity contribution in [1.82, 2.24) is 15.0 Å². The number of carbonyl (C=O) groups is 1. The first-order chi connectivity index (χ1) is 15.5. The van der Waals surface area contributed by atoms with Crippen LogP contribution in [0.5, 0.6) is 0 Å². The van der Waals surface area contributed by atoms with Gasteiger partial charge in [0.25, 0.3) is 0 Å². The van der Waals surface area contributed by atoms with E-state index in [-0.39, 0.29) is 29.5 Å². The Balaban J connectivity index is 1.62. The average molecular weight is 426 g/mol. The Hall–Kier alpha value is -3.93. The number of nitrogen functional groups attached to an aromatic ring is 1. The van der Waals surface area contributed by atoms with Crippen LogP contribution in [-0.2, 0) is 12.8 Å². The normalized spacial score (nSPS) is 10.8. The number of hydrogen-bond donors (Lipinski definition) is 1. The number of benzene rings is 2. The van der Waals surface area contributed by atoms with Crippen molar-refractivity contribution in [1.29, 1.82) is 0 Å². The molecule has 0 aliphatic carbocycles. The molecule has 0 saturated heterocycles. The van der Waals surface area contributed by atoms with Crippen molar-refractivity contribution in [2.24, 2.45) is 0 Å². The molecule has 0 aliphatic heterocycles. The first-order valence-electron chi connectivity index (χ1n) is 10.5. The smallest absolute Gasteiger partial charge is 0.189 e. The third kappa shape index (κ3) is 4.70. The van der Waals surface area contributed by atoms with Crippen LogP contribution in [0.25, 0.3) is 22.4 Å². The summed E-state index contributed by atoms with van der Waals surface area (Å²) in [5.41, 5.74) is 11.2. The Bertz CT molecular complexity index is 1240. The maximum atomic E-state index is 13.3. The summed E-state index contributed by atoms with van der Waals surface area (Å²) in [6.45, 7) is 2.14. The predicted molar refractivity (Wildman–Crippen MR) is 124 cm³/mol. The van der Waals surface area contributed by atoms with Gasteiger partial charge < -0.3 is 5.73 Å². The number of aryl methyl sites for hydroxylation is 1. The largest absolute Gasteiger partial charge is 0.382 e. The van der Waals surface area contributed by atoms with Gasteiger partial charge in [0, 0.05) is 24.4 Å². The number of aromatic nitrogens is 3. The van der Waals surface area contributed by atoms with Gasteiger partial charge >= 0.3 is 0 Å². The standard InChI is InChI=1S/C26H23FN4O/c1-2-3-17-4-6-19(7-5-17)23-16-30-26(28)25(31-23)24(32)14-20-15-29-13-12-22(20)18-8-10-21(27)11-9-18/h4-13,15-16H,2-3,14H2,1H3,(H2,28,30). The molecule has 2 heterocycles. The maximum Gasteiger partial charge on any atom is 0.189 e. The molecule has 2 aromatic heterocycles. The molecule has 32 heavy (non-hydrogen) atoms. The average Bonchev–Trinajstić information content (AvgIpc) is 2.81. The lowest BCUT2D eigenvalue weighted by atomic mass is 9.97. The molecule has 2 aromatic carbocycles. The quantitative estimate of drug-likeness (QED) is 0.405. The summed E-state index contributed by atoms with van der Waals surface area (Å²) in [7, 11) is 0. The Morgan fingerprint density at radius 2 is 1.69 bits per heavy atom. The minimum absolute atomic E-state index is 0.0539. The minimum atomic E-state index is -0.317. The second-order valence-corrected chi connectivity index (χ2v) is 7.58. The van der Waals surface area contributed by atoms with E-state index in [1.54, 1.807) is 36.8 Å². The molecule has 0 unspecified atom stereocenters. The predicted octanol–water partition coefficient (Wildman–Crippen LogP) is 5.30. The van der Waals surface area contributed by atoms with Crippen LogP contribution < -0.4 is 5.73 Å². The van der Waals surface area contributed by atoms with Gasteiger partial charge in [0.1, 0.15) is 11.5 Å². The second-order valence-electron chi connectivity index (χ2n) is 7.58. The first kappa shape index (κ1) is 21.3. The number of hydrogen-bond acceptors (Lipinski definition) is 5. The van der Waals surface area contributed by atoms with Gasteiger partial charge in [-0.25, -0.2) is 14.4 Å². The number of nitrogens with zero attached hydrogens (tertiary/aromatic N) is 3. The van der Waals surface area contributed by atoms with Gasteiger partial charge in [0.05, 0.1) is 11.9 Å². The lowest BCUT2D eigenvalue weighted by Crippen LogP contribution is -2.12. The van der Waals surface area contributed by atoms with Gasteiger partial charge in [-0.1, -0.05) is 49.7 Å². The second kappa shape index (κ2) is 9.47. The molecule has 0 spiro atoms. The van der Waals surface area contributed by atoms with Crippen molar-refractivity contribution in [2.45, 2.75) is 26.2 Å². The first-order valence-corrected chi connectivity index (χ1v) is 10.5. The van der Waals surface area contributed by atoms with E-state index >= 15 is 0 Å². The summed E-state index contributed by atoms with van der Waals surface area (Å²) in [5, 5.41) is 0. The van der Waals surface area contributed by atoms with E-state index < -0.39 is 0 Å². The lowest BCUT2D eigenvalue weighted by Gasteiger charge is -2.10. The Morgan fingerprint density at radius 1 is 0.969 bits per heavy atom. The maximum absolute atomic E-state index is 13.3. The van der Waals surface area contributed by atoms with Crippen molar-refractivity contribution in [3.63, 3.8) is 0 Å². The SMILES string of the molecule is CCCc1ccc(-c2cnc(N)c(C(=O)Cc3cnccc3-c3ccc(F)cc3)n2)cc1. The molecule has 2 N–H and O–H groups in total. The number of ketones is 1. The molecule has 0 aliphatic rings. The van der Waals surface area contributed by atoms with E-state index in [1.807, 2.05) is 12.1 Å². The van der Waals surface area contributed by atoms with Crippen LogP contribution in [0.3, 0.4) is 0 Å². The number of pyridine rings is 1. The Labute approximate surface area is 186 Å². The molecule has 0 radical (unpaired) electrons.